The molecule has 0 N–H and O–H groups in total. The summed E-state index contributed by atoms with van der Waals surface area (Å²) in [4.78, 5) is 32.1. The first-order valence-electron chi connectivity index (χ1n) is 7.65. The Kier molecular flexibility index (Phi) is 5.13. The molecule has 0 spiro atoms. The molecule has 0 radical (unpaired) electrons. The lowest BCUT2D eigenvalue weighted by molar-refractivity contribution is -0.128. The molecule has 2 rings (SSSR count). The van der Waals surface area contributed by atoms with Gasteiger partial charge in [-0.2, -0.15) is 0 Å². The molecule has 1 atom stereocenters. The minimum atomic E-state index is -0.00465. The summed E-state index contributed by atoms with van der Waals surface area (Å²) in [7, 11) is 2.01. The number of Topliss-reactive ketones (excluding diaryl/α,β-unsaturated/α-hetero) is 1. The summed E-state index contributed by atoms with van der Waals surface area (Å²) in [6.07, 6.45) is 5.12. The highest BCUT2D eigenvalue weighted by Gasteiger charge is 2.28. The lowest BCUT2D eigenvalue weighted by Crippen LogP contribution is -2.40. The lowest BCUT2D eigenvalue weighted by atomic mass is 10.2. The van der Waals surface area contributed by atoms with Gasteiger partial charge in [0, 0.05) is 26.1 Å². The molecule has 0 saturated heterocycles. The predicted molar refractivity (Wildman–Crippen MR) is 84.7 cm³/mol. The Balaban J connectivity index is 2.07. The zero-order chi connectivity index (χ0) is 16.3. The lowest BCUT2D eigenvalue weighted by Gasteiger charge is -2.32. The molecule has 6 heteroatoms. The van der Waals surface area contributed by atoms with Crippen molar-refractivity contribution in [3.8, 4) is 0 Å². The minimum absolute atomic E-state index is 0.00465. The van der Waals surface area contributed by atoms with Crippen molar-refractivity contribution in [1.82, 2.24) is 19.4 Å². The molecule has 0 saturated carbocycles. The van der Waals surface area contributed by atoms with E-state index >= 15 is 0 Å². The van der Waals surface area contributed by atoms with Crippen LogP contribution in [0, 0.1) is 0 Å². The van der Waals surface area contributed by atoms with E-state index in [2.05, 4.69) is 16.8 Å². The Morgan fingerprint density at radius 3 is 2.86 bits per heavy atom. The quantitative estimate of drug-likeness (QED) is 0.611. The van der Waals surface area contributed by atoms with Crippen LogP contribution < -0.4 is 0 Å². The normalized spacial score (nSPS) is 18.0. The summed E-state index contributed by atoms with van der Waals surface area (Å²) >= 11 is 0. The van der Waals surface area contributed by atoms with Gasteiger partial charge in [-0.05, 0) is 20.5 Å². The smallest absolute Gasteiger partial charge is 0.246 e. The molecule has 0 bridgehead atoms. The summed E-state index contributed by atoms with van der Waals surface area (Å²) in [6.45, 7) is 8.38. The fraction of sp³-hybridized carbons (Fsp3) is 0.562. The van der Waals surface area contributed by atoms with E-state index in [0.717, 1.165) is 18.9 Å². The van der Waals surface area contributed by atoms with E-state index < -0.39 is 0 Å². The van der Waals surface area contributed by atoms with Gasteiger partial charge in [0.25, 0.3) is 0 Å². The Bertz CT molecular complexity index is 591. The number of carbonyl (C=O) groups excluding carboxylic acids is 2. The van der Waals surface area contributed by atoms with Gasteiger partial charge in [-0.25, -0.2) is 4.98 Å². The predicted octanol–water partition coefficient (Wildman–Crippen LogP) is 1.50. The Labute approximate surface area is 131 Å². The molecule has 2 heterocycles. The van der Waals surface area contributed by atoms with Gasteiger partial charge in [-0.1, -0.05) is 13.0 Å². The Hall–Kier alpha value is -1.95. The van der Waals surface area contributed by atoms with Crippen molar-refractivity contribution >= 4 is 11.7 Å². The summed E-state index contributed by atoms with van der Waals surface area (Å²) < 4.78 is 1.95. The van der Waals surface area contributed by atoms with Crippen LogP contribution in [-0.2, 0) is 11.3 Å². The second kappa shape index (κ2) is 6.87. The number of hydrogen-bond donors (Lipinski definition) is 0. The van der Waals surface area contributed by atoms with Crippen molar-refractivity contribution in [2.24, 2.45) is 0 Å². The van der Waals surface area contributed by atoms with Gasteiger partial charge in [-0.15, -0.1) is 0 Å². The SMILES string of the molecule is CCN(C)C/C=C/C(=O)N1Cc2ncc(C(C)=O)n2C(C)C1. The second-order valence-electron chi connectivity index (χ2n) is 5.81. The number of ketones is 1. The number of nitrogens with zero attached hydrogens (tertiary/aromatic N) is 4. The van der Waals surface area contributed by atoms with Gasteiger partial charge >= 0.3 is 0 Å². The third-order valence-electron chi connectivity index (χ3n) is 4.02. The van der Waals surface area contributed by atoms with Crippen molar-refractivity contribution in [3.63, 3.8) is 0 Å². The number of carbonyl (C=O) groups is 2. The highest BCUT2D eigenvalue weighted by Crippen LogP contribution is 2.23. The van der Waals surface area contributed by atoms with Gasteiger partial charge in [-0.3, -0.25) is 9.59 Å². The molecular formula is C16H24N4O2. The second-order valence-corrected chi connectivity index (χ2v) is 5.81. The largest absolute Gasteiger partial charge is 0.330 e. The van der Waals surface area contributed by atoms with Crippen molar-refractivity contribution in [1.29, 1.82) is 0 Å². The Morgan fingerprint density at radius 2 is 2.23 bits per heavy atom. The molecule has 0 aliphatic carbocycles. The van der Waals surface area contributed by atoms with Gasteiger partial charge in [0.1, 0.15) is 11.5 Å². The average molecular weight is 304 g/mol. The van der Waals surface area contributed by atoms with Crippen LogP contribution in [-0.4, -0.2) is 57.7 Å². The number of likely N-dealkylation sites (N-methyl/N-ethyl adjacent to an activating group) is 1. The first-order chi connectivity index (χ1) is 10.4. The Morgan fingerprint density at radius 1 is 1.50 bits per heavy atom. The van der Waals surface area contributed by atoms with Crippen LogP contribution in [0.25, 0.3) is 0 Å². The molecule has 0 aromatic carbocycles. The molecule has 1 unspecified atom stereocenters. The third-order valence-corrected chi connectivity index (χ3v) is 4.02. The third kappa shape index (κ3) is 3.44. The van der Waals surface area contributed by atoms with Gasteiger partial charge in [0.05, 0.1) is 18.8 Å². The highest BCUT2D eigenvalue weighted by atomic mass is 16.2. The van der Waals surface area contributed by atoms with E-state index in [-0.39, 0.29) is 17.7 Å². The van der Waals surface area contributed by atoms with E-state index in [1.807, 2.05) is 24.6 Å². The molecule has 6 nitrogen and oxygen atoms in total. The summed E-state index contributed by atoms with van der Waals surface area (Å²) in [5.74, 6) is 0.777. The number of fused-ring (bicyclic) bond motifs is 1. The molecule has 22 heavy (non-hydrogen) atoms. The van der Waals surface area contributed by atoms with Crippen molar-refractivity contribution in [2.75, 3.05) is 26.7 Å². The van der Waals surface area contributed by atoms with E-state index in [9.17, 15) is 9.59 Å². The number of imidazole rings is 1. The van der Waals surface area contributed by atoms with E-state index in [0.29, 0.717) is 18.8 Å². The van der Waals surface area contributed by atoms with Crippen LogP contribution >= 0.6 is 0 Å². The molecular weight excluding hydrogens is 280 g/mol. The molecule has 1 aliphatic rings. The van der Waals surface area contributed by atoms with E-state index in [4.69, 9.17) is 0 Å². The minimum Gasteiger partial charge on any atom is -0.330 e. The first-order valence-corrected chi connectivity index (χ1v) is 7.65. The zero-order valence-corrected chi connectivity index (χ0v) is 13.7. The van der Waals surface area contributed by atoms with Gasteiger partial charge < -0.3 is 14.4 Å². The topological polar surface area (TPSA) is 58.4 Å². The zero-order valence-electron chi connectivity index (χ0n) is 13.7. The van der Waals surface area contributed by atoms with Crippen LogP contribution in [0.3, 0.4) is 0 Å². The highest BCUT2D eigenvalue weighted by molar-refractivity contribution is 5.92. The fourth-order valence-electron chi connectivity index (χ4n) is 2.64. The standard InChI is InChI=1S/C16H24N4O2/c1-5-18(4)8-6-7-16(22)19-10-12(2)20-14(13(3)21)9-17-15(20)11-19/h6-7,9,12H,5,8,10-11H2,1-4H3/b7-6+. The van der Waals surface area contributed by atoms with Gasteiger partial charge in [0.2, 0.25) is 5.91 Å². The van der Waals surface area contributed by atoms with Crippen molar-refractivity contribution in [2.45, 2.75) is 33.4 Å². The number of aromatic nitrogens is 2. The summed E-state index contributed by atoms with van der Waals surface area (Å²) in [6, 6.07) is 0.0563. The molecule has 1 amide bonds. The van der Waals surface area contributed by atoms with E-state index in [1.54, 1.807) is 24.1 Å². The van der Waals surface area contributed by atoms with Crippen molar-refractivity contribution in [3.05, 3.63) is 29.9 Å². The number of rotatable bonds is 5. The van der Waals surface area contributed by atoms with Crippen molar-refractivity contribution < 1.29 is 9.59 Å². The van der Waals surface area contributed by atoms with Crippen LogP contribution in [0.5, 0.6) is 0 Å². The fourth-order valence-corrected chi connectivity index (χ4v) is 2.64. The molecule has 1 aromatic rings. The van der Waals surface area contributed by atoms with Crippen LogP contribution in [0.4, 0.5) is 0 Å². The van der Waals surface area contributed by atoms with Crippen LogP contribution in [0.2, 0.25) is 0 Å². The maximum atomic E-state index is 12.3. The molecule has 1 aromatic heterocycles. The molecule has 0 fully saturated rings. The number of hydrogen-bond acceptors (Lipinski definition) is 4. The van der Waals surface area contributed by atoms with Gasteiger partial charge in [0.15, 0.2) is 5.78 Å². The molecule has 1 aliphatic heterocycles. The summed E-state index contributed by atoms with van der Waals surface area (Å²) in [5, 5.41) is 0. The van der Waals surface area contributed by atoms with Crippen LogP contribution in [0.1, 0.15) is 43.1 Å². The summed E-state index contributed by atoms with van der Waals surface area (Å²) in [5.41, 5.74) is 0.620. The average Bonchev–Trinajstić information content (AvgIpc) is 2.91. The maximum absolute atomic E-state index is 12.3. The van der Waals surface area contributed by atoms with E-state index in [1.165, 1.54) is 0 Å². The van der Waals surface area contributed by atoms with Crippen LogP contribution in [0.15, 0.2) is 18.3 Å². The monoisotopic (exact) mass is 304 g/mol. The maximum Gasteiger partial charge on any atom is 0.246 e. The molecule has 120 valence electrons. The number of amides is 1. The first kappa shape index (κ1) is 16.4.